The van der Waals surface area contributed by atoms with E-state index in [9.17, 15) is 0 Å². The van der Waals surface area contributed by atoms with Crippen LogP contribution in [-0.4, -0.2) is 29.5 Å². The van der Waals surface area contributed by atoms with E-state index < -0.39 is 0 Å². The molecule has 2 aromatic heterocycles. The molecule has 0 bridgehead atoms. The van der Waals surface area contributed by atoms with Gasteiger partial charge in [-0.3, -0.25) is 4.99 Å². The lowest BCUT2D eigenvalue weighted by Gasteiger charge is -2.09. The number of benzene rings is 1. The molecule has 3 aromatic rings. The summed E-state index contributed by atoms with van der Waals surface area (Å²) in [5, 5.41) is 9.68. The van der Waals surface area contributed by atoms with E-state index >= 15 is 0 Å². The van der Waals surface area contributed by atoms with Crippen LogP contribution < -0.4 is 10.6 Å². The Kier molecular flexibility index (Phi) is 6.01. The van der Waals surface area contributed by atoms with E-state index in [1.807, 2.05) is 19.1 Å². The molecule has 0 radical (unpaired) electrons. The summed E-state index contributed by atoms with van der Waals surface area (Å²) in [6, 6.07) is 8.19. The fourth-order valence-electron chi connectivity index (χ4n) is 2.46. The average molecular weight is 369 g/mol. The van der Waals surface area contributed by atoms with Gasteiger partial charge in [0.05, 0.1) is 23.4 Å². The zero-order valence-corrected chi connectivity index (χ0v) is 16.1. The molecule has 2 N–H and O–H groups in total. The van der Waals surface area contributed by atoms with Crippen LogP contribution in [0.15, 0.2) is 45.3 Å². The first-order valence-electron chi connectivity index (χ1n) is 8.51. The third kappa shape index (κ3) is 4.92. The van der Waals surface area contributed by atoms with Gasteiger partial charge in [0.25, 0.3) is 0 Å². The molecule has 0 amide bonds. The molecule has 0 unspecified atom stereocenters. The minimum atomic E-state index is 0.474. The van der Waals surface area contributed by atoms with Gasteiger partial charge < -0.3 is 15.1 Å². The summed E-state index contributed by atoms with van der Waals surface area (Å²) < 4.78 is 5.82. The van der Waals surface area contributed by atoms with E-state index in [0.717, 1.165) is 35.0 Å². The van der Waals surface area contributed by atoms with E-state index in [4.69, 9.17) is 4.42 Å². The van der Waals surface area contributed by atoms with Crippen molar-refractivity contribution < 1.29 is 4.42 Å². The third-order valence-corrected chi connectivity index (χ3v) is 4.68. The largest absolute Gasteiger partial charge is 0.439 e. The second kappa shape index (κ2) is 8.62. The maximum Gasteiger partial charge on any atom is 0.214 e. The summed E-state index contributed by atoms with van der Waals surface area (Å²) in [5.74, 6) is 2.11. The van der Waals surface area contributed by atoms with Crippen molar-refractivity contribution in [1.29, 1.82) is 0 Å². The Labute approximate surface area is 157 Å². The maximum atomic E-state index is 5.82. The van der Waals surface area contributed by atoms with Crippen molar-refractivity contribution in [2.24, 2.45) is 4.99 Å². The molecule has 2 heterocycles. The number of hydrogen-bond acceptors (Lipinski definition) is 5. The monoisotopic (exact) mass is 369 g/mol. The zero-order valence-electron chi connectivity index (χ0n) is 15.2. The van der Waals surface area contributed by atoms with Crippen molar-refractivity contribution in [2.45, 2.75) is 26.8 Å². The number of guanidine groups is 1. The zero-order chi connectivity index (χ0) is 18.4. The molecule has 1 aromatic carbocycles. The molecule has 26 heavy (non-hydrogen) atoms. The van der Waals surface area contributed by atoms with E-state index in [1.54, 1.807) is 24.6 Å². The first-order chi connectivity index (χ1) is 12.6. The Morgan fingerprint density at radius 1 is 1.19 bits per heavy atom. The summed E-state index contributed by atoms with van der Waals surface area (Å²) >= 11 is 1.67. The highest BCUT2D eigenvalue weighted by molar-refractivity contribution is 7.09. The van der Waals surface area contributed by atoms with Crippen LogP contribution in [0.1, 0.15) is 22.2 Å². The lowest BCUT2D eigenvalue weighted by Crippen LogP contribution is -2.37. The summed E-state index contributed by atoms with van der Waals surface area (Å²) in [6.45, 7) is 5.32. The van der Waals surface area contributed by atoms with Gasteiger partial charge in [0.1, 0.15) is 0 Å². The van der Waals surface area contributed by atoms with Crippen LogP contribution in [0.25, 0.3) is 11.3 Å². The number of rotatable bonds is 6. The van der Waals surface area contributed by atoms with Gasteiger partial charge in [-0.15, -0.1) is 11.3 Å². The molecule has 0 fully saturated rings. The number of aromatic nitrogens is 2. The molecule has 6 nitrogen and oxygen atoms in total. The van der Waals surface area contributed by atoms with Gasteiger partial charge in [0.2, 0.25) is 5.89 Å². The number of aliphatic imine (C=N–C) groups is 1. The highest BCUT2D eigenvalue weighted by Crippen LogP contribution is 2.20. The molecule has 0 atom stereocenters. The summed E-state index contributed by atoms with van der Waals surface area (Å²) in [6.07, 6.45) is 2.62. The van der Waals surface area contributed by atoms with Crippen LogP contribution in [0.2, 0.25) is 0 Å². The fourth-order valence-corrected chi connectivity index (χ4v) is 3.10. The number of thiazole rings is 1. The first-order valence-corrected chi connectivity index (χ1v) is 9.39. The van der Waals surface area contributed by atoms with E-state index in [0.29, 0.717) is 18.4 Å². The summed E-state index contributed by atoms with van der Waals surface area (Å²) in [4.78, 5) is 13.0. The number of hydrogen-bond donors (Lipinski definition) is 2. The third-order valence-electron chi connectivity index (χ3n) is 3.86. The predicted molar refractivity (Wildman–Crippen MR) is 105 cm³/mol. The van der Waals surface area contributed by atoms with Crippen LogP contribution in [0.5, 0.6) is 0 Å². The summed E-state index contributed by atoms with van der Waals surface area (Å²) in [7, 11) is 1.75. The molecule has 0 spiro atoms. The van der Waals surface area contributed by atoms with Crippen molar-refractivity contribution in [3.63, 3.8) is 0 Å². The van der Waals surface area contributed by atoms with Gasteiger partial charge in [0.15, 0.2) is 11.7 Å². The van der Waals surface area contributed by atoms with Crippen molar-refractivity contribution in [1.82, 2.24) is 20.6 Å². The van der Waals surface area contributed by atoms with Gasteiger partial charge in [-0.25, -0.2) is 9.97 Å². The van der Waals surface area contributed by atoms with Crippen LogP contribution >= 0.6 is 11.3 Å². The van der Waals surface area contributed by atoms with Gasteiger partial charge in [-0.05, 0) is 13.8 Å². The lowest BCUT2D eigenvalue weighted by atomic mass is 10.1. The molecular formula is C19H23N5OS. The molecule has 0 aliphatic rings. The smallest absolute Gasteiger partial charge is 0.214 e. The molecular weight excluding hydrogens is 346 g/mol. The highest BCUT2D eigenvalue weighted by atomic mass is 32.1. The van der Waals surface area contributed by atoms with Crippen molar-refractivity contribution in [3.8, 4) is 11.3 Å². The molecule has 0 aliphatic heterocycles. The van der Waals surface area contributed by atoms with E-state index in [1.165, 1.54) is 5.56 Å². The minimum absolute atomic E-state index is 0.474. The van der Waals surface area contributed by atoms with Crippen LogP contribution in [0, 0.1) is 13.8 Å². The first kappa shape index (κ1) is 18.1. The topological polar surface area (TPSA) is 75.3 Å². The van der Waals surface area contributed by atoms with Gasteiger partial charge in [-0.2, -0.15) is 0 Å². The average Bonchev–Trinajstić information content (AvgIpc) is 3.28. The van der Waals surface area contributed by atoms with Crippen molar-refractivity contribution in [2.75, 3.05) is 13.6 Å². The molecule has 3 rings (SSSR count). The number of oxazole rings is 1. The Balaban J connectivity index is 1.48. The Bertz CT molecular complexity index is 866. The molecule has 0 saturated heterocycles. The molecule has 0 aliphatic carbocycles. The van der Waals surface area contributed by atoms with Gasteiger partial charge in [0, 0.05) is 31.0 Å². The molecule has 0 saturated carbocycles. The number of aryl methyl sites for hydroxylation is 2. The van der Waals surface area contributed by atoms with Crippen molar-refractivity contribution in [3.05, 3.63) is 58.0 Å². The van der Waals surface area contributed by atoms with Gasteiger partial charge >= 0.3 is 0 Å². The normalized spacial score (nSPS) is 11.6. The Morgan fingerprint density at radius 2 is 2.00 bits per heavy atom. The second-order valence-electron chi connectivity index (χ2n) is 5.94. The van der Waals surface area contributed by atoms with Crippen LogP contribution in [0.3, 0.4) is 0 Å². The van der Waals surface area contributed by atoms with Gasteiger partial charge in [-0.1, -0.05) is 29.8 Å². The highest BCUT2D eigenvalue weighted by Gasteiger charge is 2.07. The Morgan fingerprint density at radius 3 is 2.69 bits per heavy atom. The van der Waals surface area contributed by atoms with E-state index in [-0.39, 0.29) is 0 Å². The summed E-state index contributed by atoms with van der Waals surface area (Å²) in [5.41, 5.74) is 3.35. The lowest BCUT2D eigenvalue weighted by molar-refractivity contribution is 0.497. The SMILES string of the molecule is CN=C(NCCc1csc(C)n1)NCc1ncc(-c2ccc(C)cc2)o1. The predicted octanol–water partition coefficient (Wildman–Crippen LogP) is 3.32. The van der Waals surface area contributed by atoms with E-state index in [2.05, 4.69) is 50.0 Å². The second-order valence-corrected chi connectivity index (χ2v) is 7.01. The van der Waals surface area contributed by atoms with Crippen LogP contribution in [-0.2, 0) is 13.0 Å². The molecule has 136 valence electrons. The molecule has 7 heteroatoms. The fraction of sp³-hybridized carbons (Fsp3) is 0.316. The maximum absolute atomic E-state index is 5.82. The minimum Gasteiger partial charge on any atom is -0.439 e. The Hall–Kier alpha value is -2.67. The standard InChI is InChI=1S/C19H23N5OS/c1-13-4-6-15(7-5-13)17-10-22-18(25-17)11-23-19(20-3)21-9-8-16-12-26-14(2)24-16/h4-7,10,12H,8-9,11H2,1-3H3,(H2,20,21,23). The van der Waals surface area contributed by atoms with Crippen molar-refractivity contribution >= 4 is 17.3 Å². The quantitative estimate of drug-likeness (QED) is 0.515. The number of nitrogens with one attached hydrogen (secondary N) is 2. The number of nitrogens with zero attached hydrogens (tertiary/aromatic N) is 3. The van der Waals surface area contributed by atoms with Crippen LogP contribution in [0.4, 0.5) is 0 Å².